The third kappa shape index (κ3) is 6.77. The van der Waals surface area contributed by atoms with Gasteiger partial charge in [-0.2, -0.15) is 0 Å². The van der Waals surface area contributed by atoms with E-state index in [9.17, 15) is 9.90 Å². The van der Waals surface area contributed by atoms with E-state index in [1.807, 2.05) is 54.6 Å². The van der Waals surface area contributed by atoms with E-state index in [4.69, 9.17) is 4.74 Å². The number of benzene rings is 2. The van der Waals surface area contributed by atoms with Gasteiger partial charge in [0.2, 0.25) is 0 Å². The van der Waals surface area contributed by atoms with Crippen molar-refractivity contribution >= 4 is 12.0 Å². The minimum Gasteiger partial charge on any atom is -0.507 e. The van der Waals surface area contributed by atoms with Crippen LogP contribution in [-0.4, -0.2) is 17.7 Å². The summed E-state index contributed by atoms with van der Waals surface area (Å²) >= 11 is 0. The summed E-state index contributed by atoms with van der Waals surface area (Å²) in [6, 6.07) is 14.0. The van der Waals surface area contributed by atoms with Crippen molar-refractivity contribution in [2.75, 3.05) is 6.61 Å². The van der Waals surface area contributed by atoms with Crippen molar-refractivity contribution in [3.05, 3.63) is 70.8 Å². The molecule has 0 atom stereocenters. The third-order valence-electron chi connectivity index (χ3n) is 4.85. The molecule has 156 valence electrons. The van der Waals surface area contributed by atoms with Crippen LogP contribution in [-0.2, 0) is 26.8 Å². The van der Waals surface area contributed by atoms with Gasteiger partial charge in [0.25, 0.3) is 0 Å². The van der Waals surface area contributed by atoms with Crippen molar-refractivity contribution in [1.29, 1.82) is 0 Å². The minimum absolute atomic E-state index is 0.178. The van der Waals surface area contributed by atoms with Crippen LogP contribution in [0.1, 0.15) is 70.2 Å². The van der Waals surface area contributed by atoms with Crippen LogP contribution in [0.25, 0.3) is 6.08 Å². The predicted molar refractivity (Wildman–Crippen MR) is 120 cm³/mol. The summed E-state index contributed by atoms with van der Waals surface area (Å²) in [6.45, 7) is 12.8. The van der Waals surface area contributed by atoms with Crippen LogP contribution in [0.15, 0.2) is 48.5 Å². The highest BCUT2D eigenvalue weighted by molar-refractivity contribution is 5.70. The zero-order valence-corrected chi connectivity index (χ0v) is 18.6. The molecule has 0 aliphatic rings. The SMILES string of the molecule is CC(C)(C)c1cc(CCC(=O)OC/C=C/c2ccccc2)cc(C(C)(C)C)c1O. The molecule has 0 aliphatic carbocycles. The summed E-state index contributed by atoms with van der Waals surface area (Å²) in [5.74, 6) is 0.146. The Labute approximate surface area is 175 Å². The molecule has 0 spiro atoms. The second-order valence-electron chi connectivity index (χ2n) is 9.54. The molecule has 2 rings (SSSR count). The zero-order valence-electron chi connectivity index (χ0n) is 18.6. The van der Waals surface area contributed by atoms with Crippen molar-refractivity contribution in [2.45, 2.75) is 65.2 Å². The van der Waals surface area contributed by atoms with Crippen molar-refractivity contribution in [2.24, 2.45) is 0 Å². The molecule has 0 aliphatic heterocycles. The monoisotopic (exact) mass is 394 g/mol. The van der Waals surface area contributed by atoms with Gasteiger partial charge in [0.15, 0.2) is 0 Å². The molecule has 0 heterocycles. The van der Waals surface area contributed by atoms with Gasteiger partial charge in [-0.1, -0.05) is 90.1 Å². The normalized spacial score (nSPS) is 12.3. The first kappa shape index (κ1) is 22.7. The smallest absolute Gasteiger partial charge is 0.306 e. The fourth-order valence-corrected chi connectivity index (χ4v) is 3.19. The lowest BCUT2D eigenvalue weighted by molar-refractivity contribution is -0.142. The van der Waals surface area contributed by atoms with E-state index in [1.54, 1.807) is 0 Å². The van der Waals surface area contributed by atoms with Crippen LogP contribution in [0.2, 0.25) is 0 Å². The lowest BCUT2D eigenvalue weighted by Crippen LogP contribution is -2.18. The van der Waals surface area contributed by atoms with Crippen LogP contribution in [0.4, 0.5) is 0 Å². The zero-order chi connectivity index (χ0) is 21.7. The number of phenolic OH excluding ortho intramolecular Hbond substituents is 1. The van der Waals surface area contributed by atoms with E-state index >= 15 is 0 Å². The Morgan fingerprint density at radius 1 is 0.966 bits per heavy atom. The molecular formula is C26H34O3. The molecule has 0 saturated carbocycles. The molecule has 0 bridgehead atoms. The van der Waals surface area contributed by atoms with Gasteiger partial charge in [-0.3, -0.25) is 4.79 Å². The van der Waals surface area contributed by atoms with Crippen molar-refractivity contribution in [1.82, 2.24) is 0 Å². The number of esters is 1. The molecule has 0 aromatic heterocycles. The van der Waals surface area contributed by atoms with Crippen molar-refractivity contribution in [3.63, 3.8) is 0 Å². The summed E-state index contributed by atoms with van der Waals surface area (Å²) < 4.78 is 5.33. The number of phenols is 1. The third-order valence-corrected chi connectivity index (χ3v) is 4.85. The Bertz CT molecular complexity index is 815. The lowest BCUT2D eigenvalue weighted by Gasteiger charge is -2.28. The number of aromatic hydroxyl groups is 1. The first-order valence-electron chi connectivity index (χ1n) is 10.2. The molecule has 0 fully saturated rings. The first-order valence-corrected chi connectivity index (χ1v) is 10.2. The highest BCUT2D eigenvalue weighted by Crippen LogP contribution is 2.39. The maximum atomic E-state index is 12.2. The standard InChI is InChI=1S/C26H34O3/c1-25(2,3)21-17-20(18-22(24(21)28)26(4,5)6)14-15-23(27)29-16-10-13-19-11-8-7-9-12-19/h7-13,17-18,28H,14-16H2,1-6H3/b13-10+. The maximum absolute atomic E-state index is 12.2. The highest BCUT2D eigenvalue weighted by Gasteiger charge is 2.26. The van der Waals surface area contributed by atoms with Crippen LogP contribution in [0.5, 0.6) is 5.75 Å². The van der Waals surface area contributed by atoms with Crippen LogP contribution in [0.3, 0.4) is 0 Å². The van der Waals surface area contributed by atoms with Crippen LogP contribution < -0.4 is 0 Å². The lowest BCUT2D eigenvalue weighted by atomic mass is 9.78. The van der Waals surface area contributed by atoms with Gasteiger partial charge in [-0.25, -0.2) is 0 Å². The Morgan fingerprint density at radius 3 is 2.03 bits per heavy atom. The first-order chi connectivity index (χ1) is 13.5. The number of rotatable bonds is 6. The molecule has 0 saturated heterocycles. The van der Waals surface area contributed by atoms with Gasteiger partial charge in [0, 0.05) is 6.42 Å². The quantitative estimate of drug-likeness (QED) is 0.595. The molecule has 0 radical (unpaired) electrons. The van der Waals surface area contributed by atoms with Crippen LogP contribution in [0, 0.1) is 0 Å². The largest absolute Gasteiger partial charge is 0.507 e. The molecular weight excluding hydrogens is 360 g/mol. The summed E-state index contributed by atoms with van der Waals surface area (Å²) in [7, 11) is 0. The number of aryl methyl sites for hydroxylation is 1. The molecule has 1 N–H and O–H groups in total. The molecule has 3 heteroatoms. The Hall–Kier alpha value is -2.55. The van der Waals surface area contributed by atoms with Crippen molar-refractivity contribution < 1.29 is 14.6 Å². The second-order valence-corrected chi connectivity index (χ2v) is 9.54. The Morgan fingerprint density at radius 2 is 1.52 bits per heavy atom. The number of hydrogen-bond donors (Lipinski definition) is 1. The second kappa shape index (κ2) is 9.30. The van der Waals surface area contributed by atoms with E-state index in [0.717, 1.165) is 22.3 Å². The van der Waals surface area contributed by atoms with Gasteiger partial charge in [-0.05, 0) is 45.6 Å². The summed E-state index contributed by atoms with van der Waals surface area (Å²) in [6.07, 6.45) is 4.70. The fraction of sp³-hybridized carbons (Fsp3) is 0.423. The van der Waals surface area contributed by atoms with Crippen molar-refractivity contribution in [3.8, 4) is 5.75 Å². The number of carbonyl (C=O) groups is 1. The average Bonchev–Trinajstić information content (AvgIpc) is 2.63. The van der Waals surface area contributed by atoms with E-state index < -0.39 is 0 Å². The number of ether oxygens (including phenoxy) is 1. The molecule has 3 nitrogen and oxygen atoms in total. The summed E-state index contributed by atoms with van der Waals surface area (Å²) in [5.41, 5.74) is 3.61. The van der Waals surface area contributed by atoms with E-state index in [1.165, 1.54) is 0 Å². The molecule has 29 heavy (non-hydrogen) atoms. The summed E-state index contributed by atoms with van der Waals surface area (Å²) in [4.78, 5) is 12.2. The Balaban J connectivity index is 2.02. The Kier molecular flexibility index (Phi) is 7.29. The fourth-order valence-electron chi connectivity index (χ4n) is 3.19. The molecule has 0 unspecified atom stereocenters. The van der Waals surface area contributed by atoms with E-state index in [0.29, 0.717) is 18.6 Å². The van der Waals surface area contributed by atoms with Gasteiger partial charge in [0.05, 0.1) is 0 Å². The topological polar surface area (TPSA) is 46.5 Å². The minimum atomic E-state index is -0.217. The van der Waals surface area contributed by atoms with Gasteiger partial charge < -0.3 is 9.84 Å². The van der Waals surface area contributed by atoms with Gasteiger partial charge in [0.1, 0.15) is 12.4 Å². The molecule has 2 aromatic rings. The van der Waals surface area contributed by atoms with E-state index in [-0.39, 0.29) is 23.4 Å². The van der Waals surface area contributed by atoms with Gasteiger partial charge >= 0.3 is 5.97 Å². The maximum Gasteiger partial charge on any atom is 0.306 e. The van der Waals surface area contributed by atoms with Gasteiger partial charge in [-0.15, -0.1) is 0 Å². The summed E-state index contributed by atoms with van der Waals surface area (Å²) in [5, 5.41) is 10.8. The van der Waals surface area contributed by atoms with Crippen LogP contribution >= 0.6 is 0 Å². The molecule has 0 amide bonds. The number of hydrogen-bond acceptors (Lipinski definition) is 3. The number of carbonyl (C=O) groups excluding carboxylic acids is 1. The molecule has 2 aromatic carbocycles. The predicted octanol–water partition coefficient (Wildman–Crippen LogP) is 6.18. The highest BCUT2D eigenvalue weighted by atomic mass is 16.5. The average molecular weight is 395 g/mol. The van der Waals surface area contributed by atoms with E-state index in [2.05, 4.69) is 41.5 Å².